The van der Waals surface area contributed by atoms with E-state index in [-0.39, 0.29) is 10.8 Å². The van der Waals surface area contributed by atoms with Crippen molar-refractivity contribution in [2.75, 3.05) is 13.1 Å². The van der Waals surface area contributed by atoms with E-state index in [0.717, 1.165) is 48.3 Å². The van der Waals surface area contributed by atoms with E-state index in [9.17, 15) is 13.2 Å². The molecule has 2 heterocycles. The molecule has 1 amide bonds. The first-order valence-electron chi connectivity index (χ1n) is 11.3. The van der Waals surface area contributed by atoms with Crippen LogP contribution < -0.4 is 5.32 Å². The zero-order chi connectivity index (χ0) is 23.4. The molecule has 0 saturated carbocycles. The molecule has 0 bridgehead atoms. The molecule has 2 aromatic carbocycles. The maximum Gasteiger partial charge on any atom is 0.251 e. The number of carbonyl (C=O) groups is 1. The van der Waals surface area contributed by atoms with E-state index in [4.69, 9.17) is 0 Å². The highest BCUT2D eigenvalue weighted by Crippen LogP contribution is 2.23. The van der Waals surface area contributed by atoms with Crippen LogP contribution in [-0.4, -0.2) is 41.3 Å². The number of aryl methyl sites for hydroxylation is 2. The van der Waals surface area contributed by atoms with Gasteiger partial charge in [-0.25, -0.2) is 13.4 Å². The lowest BCUT2D eigenvalue weighted by atomic mass is 10.1. The number of imidazole rings is 1. The highest BCUT2D eigenvalue weighted by atomic mass is 32.2. The van der Waals surface area contributed by atoms with Crippen LogP contribution in [-0.2, 0) is 16.6 Å². The van der Waals surface area contributed by atoms with E-state index in [2.05, 4.69) is 10.3 Å². The Morgan fingerprint density at radius 2 is 1.70 bits per heavy atom. The molecule has 3 aromatic rings. The second kappa shape index (κ2) is 9.89. The Bertz CT molecular complexity index is 1220. The monoisotopic (exact) mass is 466 g/mol. The zero-order valence-corrected chi connectivity index (χ0v) is 19.9. The predicted octanol–water partition coefficient (Wildman–Crippen LogP) is 3.98. The molecule has 1 saturated heterocycles. The molecule has 1 aromatic heterocycles. The number of aromatic nitrogens is 2. The lowest BCUT2D eigenvalue weighted by molar-refractivity contribution is 0.0950. The lowest BCUT2D eigenvalue weighted by Gasteiger charge is -2.20. The molecule has 0 atom stereocenters. The summed E-state index contributed by atoms with van der Waals surface area (Å²) in [6.45, 7) is 5.18. The number of nitrogens with zero attached hydrogens (tertiary/aromatic N) is 3. The molecule has 8 heteroatoms. The molecule has 1 fully saturated rings. The first-order chi connectivity index (χ1) is 15.9. The third-order valence-electron chi connectivity index (χ3n) is 6.15. The van der Waals surface area contributed by atoms with E-state index in [0.29, 0.717) is 25.2 Å². The maximum absolute atomic E-state index is 13.1. The van der Waals surface area contributed by atoms with Crippen molar-refractivity contribution in [3.05, 3.63) is 77.4 Å². The molecule has 1 N–H and O–H groups in total. The molecule has 33 heavy (non-hydrogen) atoms. The minimum Gasteiger partial charge on any atom is -0.348 e. The smallest absolute Gasteiger partial charge is 0.251 e. The standard InChI is InChI=1S/C25H30N4O3S/c1-19-7-12-23(33(31,32)28-14-5-3-4-6-15-28)17-24(19)25(30)27-18-21-8-10-22(11-9-21)29-16-13-26-20(29)2/h7-13,16-17H,3-6,14-15,18H2,1-2H3,(H,27,30). The van der Waals surface area contributed by atoms with Crippen LogP contribution in [0.25, 0.3) is 5.69 Å². The van der Waals surface area contributed by atoms with E-state index < -0.39 is 10.0 Å². The van der Waals surface area contributed by atoms with Gasteiger partial charge in [0, 0.05) is 43.3 Å². The van der Waals surface area contributed by atoms with Gasteiger partial charge in [0.15, 0.2) is 0 Å². The van der Waals surface area contributed by atoms with Gasteiger partial charge in [-0.05, 0) is 62.1 Å². The second-order valence-electron chi connectivity index (χ2n) is 8.49. The van der Waals surface area contributed by atoms with Gasteiger partial charge in [-0.15, -0.1) is 0 Å². The van der Waals surface area contributed by atoms with Gasteiger partial charge in [0.25, 0.3) is 5.91 Å². The van der Waals surface area contributed by atoms with Crippen molar-refractivity contribution in [2.45, 2.75) is 51.0 Å². The first-order valence-corrected chi connectivity index (χ1v) is 12.8. The van der Waals surface area contributed by atoms with Gasteiger partial charge in [-0.2, -0.15) is 4.31 Å². The zero-order valence-electron chi connectivity index (χ0n) is 19.1. The molecule has 0 unspecified atom stereocenters. The van der Waals surface area contributed by atoms with Gasteiger partial charge in [-0.3, -0.25) is 4.79 Å². The molecular formula is C25H30N4O3S. The maximum atomic E-state index is 13.1. The number of benzene rings is 2. The Hall–Kier alpha value is -2.97. The highest BCUT2D eigenvalue weighted by molar-refractivity contribution is 7.89. The minimum absolute atomic E-state index is 0.181. The average molecular weight is 467 g/mol. The van der Waals surface area contributed by atoms with E-state index >= 15 is 0 Å². The summed E-state index contributed by atoms with van der Waals surface area (Å²) in [5.74, 6) is 0.622. The largest absolute Gasteiger partial charge is 0.348 e. The summed E-state index contributed by atoms with van der Waals surface area (Å²) < 4.78 is 29.8. The summed E-state index contributed by atoms with van der Waals surface area (Å²) in [6.07, 6.45) is 7.51. The van der Waals surface area contributed by atoms with Crippen molar-refractivity contribution < 1.29 is 13.2 Å². The van der Waals surface area contributed by atoms with Crippen LogP contribution in [0.4, 0.5) is 0 Å². The summed E-state index contributed by atoms with van der Waals surface area (Å²) in [7, 11) is -3.61. The number of hydrogen-bond acceptors (Lipinski definition) is 4. The third-order valence-corrected chi connectivity index (χ3v) is 8.04. The van der Waals surface area contributed by atoms with Gasteiger partial charge < -0.3 is 9.88 Å². The Balaban J connectivity index is 1.46. The Kier molecular flexibility index (Phi) is 6.95. The average Bonchev–Trinajstić information content (AvgIpc) is 3.06. The fraction of sp³-hybridized carbons (Fsp3) is 0.360. The van der Waals surface area contributed by atoms with Crippen LogP contribution in [0.5, 0.6) is 0 Å². The minimum atomic E-state index is -3.61. The van der Waals surface area contributed by atoms with Crippen LogP contribution in [0.15, 0.2) is 59.8 Å². The van der Waals surface area contributed by atoms with E-state index in [1.54, 1.807) is 22.6 Å². The van der Waals surface area contributed by atoms with Gasteiger partial charge in [0.2, 0.25) is 10.0 Å². The summed E-state index contributed by atoms with van der Waals surface area (Å²) in [5, 5.41) is 2.92. The summed E-state index contributed by atoms with van der Waals surface area (Å²) in [4.78, 5) is 17.3. The van der Waals surface area contributed by atoms with Crippen molar-refractivity contribution in [3.63, 3.8) is 0 Å². The molecule has 0 aliphatic carbocycles. The molecule has 7 nitrogen and oxygen atoms in total. The number of hydrogen-bond donors (Lipinski definition) is 1. The Morgan fingerprint density at radius 1 is 1.00 bits per heavy atom. The normalized spacial score (nSPS) is 15.2. The van der Waals surface area contributed by atoms with Crippen LogP contribution in [0.3, 0.4) is 0 Å². The number of amides is 1. The summed E-state index contributed by atoms with van der Waals surface area (Å²) in [6, 6.07) is 12.7. The predicted molar refractivity (Wildman–Crippen MR) is 128 cm³/mol. The topological polar surface area (TPSA) is 84.3 Å². The quantitative estimate of drug-likeness (QED) is 0.595. The molecule has 4 rings (SSSR count). The van der Waals surface area contributed by atoms with Gasteiger partial charge in [0.05, 0.1) is 4.90 Å². The highest BCUT2D eigenvalue weighted by Gasteiger charge is 2.26. The van der Waals surface area contributed by atoms with Crippen molar-refractivity contribution in [2.24, 2.45) is 0 Å². The van der Waals surface area contributed by atoms with Crippen molar-refractivity contribution >= 4 is 15.9 Å². The van der Waals surface area contributed by atoms with Crippen molar-refractivity contribution in [1.29, 1.82) is 0 Å². The van der Waals surface area contributed by atoms with Crippen molar-refractivity contribution in [1.82, 2.24) is 19.2 Å². The number of sulfonamides is 1. The fourth-order valence-electron chi connectivity index (χ4n) is 4.14. The van der Waals surface area contributed by atoms with Gasteiger partial charge in [-0.1, -0.05) is 31.0 Å². The number of carbonyl (C=O) groups excluding carboxylic acids is 1. The first kappa shape index (κ1) is 23.2. The van der Waals surface area contributed by atoms with Crippen LogP contribution in [0, 0.1) is 13.8 Å². The number of rotatable bonds is 6. The van der Waals surface area contributed by atoms with Crippen LogP contribution >= 0.6 is 0 Å². The van der Waals surface area contributed by atoms with Gasteiger partial charge in [0.1, 0.15) is 5.82 Å². The van der Waals surface area contributed by atoms with Gasteiger partial charge >= 0.3 is 0 Å². The van der Waals surface area contributed by atoms with Crippen LogP contribution in [0.1, 0.15) is 53.0 Å². The van der Waals surface area contributed by atoms with E-state index in [1.807, 2.05) is 48.9 Å². The molecular weight excluding hydrogens is 436 g/mol. The Labute approximate surface area is 195 Å². The second-order valence-corrected chi connectivity index (χ2v) is 10.4. The third kappa shape index (κ3) is 5.17. The molecule has 0 spiro atoms. The lowest BCUT2D eigenvalue weighted by Crippen LogP contribution is -2.32. The molecule has 174 valence electrons. The van der Waals surface area contributed by atoms with Crippen molar-refractivity contribution in [3.8, 4) is 5.69 Å². The molecule has 1 aliphatic rings. The number of nitrogens with one attached hydrogen (secondary N) is 1. The summed E-state index contributed by atoms with van der Waals surface area (Å²) in [5.41, 5.74) is 3.09. The Morgan fingerprint density at radius 3 is 2.33 bits per heavy atom. The molecule has 0 radical (unpaired) electrons. The fourth-order valence-corrected chi connectivity index (χ4v) is 5.68. The molecule has 1 aliphatic heterocycles. The summed E-state index contributed by atoms with van der Waals surface area (Å²) >= 11 is 0. The van der Waals surface area contributed by atoms with E-state index in [1.165, 1.54) is 6.07 Å². The SMILES string of the molecule is Cc1ccc(S(=O)(=O)N2CCCCCC2)cc1C(=O)NCc1ccc(-n2ccnc2C)cc1. The van der Waals surface area contributed by atoms with Crippen LogP contribution in [0.2, 0.25) is 0 Å².